The quantitative estimate of drug-likeness (QED) is 0.489. The number of cyclic esters (lactones) is 1. The Kier molecular flexibility index (Phi) is 7.38. The first-order valence-electron chi connectivity index (χ1n) is 10.7. The molecule has 0 amide bonds. The summed E-state index contributed by atoms with van der Waals surface area (Å²) in [6.45, 7) is 12.7. The Morgan fingerprint density at radius 1 is 1.25 bits per heavy atom. The third kappa shape index (κ3) is 4.02. The Labute approximate surface area is 169 Å². The highest BCUT2D eigenvalue weighted by Crippen LogP contribution is 2.61. The van der Waals surface area contributed by atoms with E-state index in [0.717, 1.165) is 25.7 Å². The molecule has 0 bridgehead atoms. The predicted octanol–water partition coefficient (Wildman–Crippen LogP) is 4.29. The van der Waals surface area contributed by atoms with Gasteiger partial charge in [-0.3, -0.25) is 0 Å². The standard InChI is InChI=1S/C20H30O5.C3H8/c1-12-4-7-16-19(2,9-8-17(23)20(16,3)11-21)14(12)6-5-13-15(22)10-25-18(13)24;1-3-2/h14,16-17,21-23H,1,4-11H2,2-3H3;3H2,1-2H3/t14-,16+,17-,19+,20+;/m1./s1. The molecule has 1 heterocycles. The van der Waals surface area contributed by atoms with Gasteiger partial charge in [-0.15, -0.1) is 0 Å². The SMILES string of the molecule is C=C1CC[C@@H]2[C@](C)(CO)[C@H](O)CC[C@@]2(C)[C@@H]1CCC1=C(O)COC1=O.CCC. The molecule has 2 aliphatic carbocycles. The molecule has 0 saturated heterocycles. The first-order valence-corrected chi connectivity index (χ1v) is 10.7. The van der Waals surface area contributed by atoms with Crippen molar-refractivity contribution in [2.45, 2.75) is 78.7 Å². The molecule has 5 heteroatoms. The molecule has 3 N–H and O–H groups in total. The minimum Gasteiger partial charge on any atom is -0.508 e. The largest absolute Gasteiger partial charge is 0.508 e. The number of fused-ring (bicyclic) bond motifs is 1. The van der Waals surface area contributed by atoms with Crippen LogP contribution in [0, 0.1) is 22.7 Å². The van der Waals surface area contributed by atoms with Crippen LogP contribution in [-0.2, 0) is 9.53 Å². The van der Waals surface area contributed by atoms with Crippen molar-refractivity contribution in [2.75, 3.05) is 13.2 Å². The lowest BCUT2D eigenvalue weighted by molar-refractivity contribution is -0.152. The molecular weight excluding hydrogens is 356 g/mol. The van der Waals surface area contributed by atoms with E-state index in [1.165, 1.54) is 12.0 Å². The molecule has 0 aromatic rings. The minimum atomic E-state index is -0.500. The molecule has 160 valence electrons. The second-order valence-corrected chi connectivity index (χ2v) is 9.27. The molecule has 0 unspecified atom stereocenters. The second-order valence-electron chi connectivity index (χ2n) is 9.27. The van der Waals surface area contributed by atoms with Crippen LogP contribution in [-0.4, -0.2) is 40.6 Å². The molecule has 3 rings (SSSR count). The van der Waals surface area contributed by atoms with E-state index in [4.69, 9.17) is 4.74 Å². The molecule has 2 saturated carbocycles. The van der Waals surface area contributed by atoms with Crippen LogP contribution >= 0.6 is 0 Å². The molecule has 0 aromatic heterocycles. The van der Waals surface area contributed by atoms with Gasteiger partial charge in [0.25, 0.3) is 0 Å². The maximum Gasteiger partial charge on any atom is 0.337 e. The number of carbonyl (C=O) groups is 1. The van der Waals surface area contributed by atoms with Crippen LogP contribution in [0.2, 0.25) is 0 Å². The number of rotatable bonds is 4. The van der Waals surface area contributed by atoms with Gasteiger partial charge < -0.3 is 20.1 Å². The first-order chi connectivity index (χ1) is 13.2. The summed E-state index contributed by atoms with van der Waals surface area (Å²) in [4.78, 5) is 11.8. The number of ether oxygens (including phenoxy) is 1. The van der Waals surface area contributed by atoms with Gasteiger partial charge in [-0.1, -0.05) is 46.3 Å². The smallest absolute Gasteiger partial charge is 0.337 e. The second kappa shape index (κ2) is 9.00. The molecule has 3 aliphatic rings. The number of carbonyl (C=O) groups excluding carboxylic acids is 1. The normalized spacial score (nSPS) is 37.9. The Hall–Kier alpha value is -1.33. The van der Waals surface area contributed by atoms with Crippen LogP contribution in [0.3, 0.4) is 0 Å². The lowest BCUT2D eigenvalue weighted by atomic mass is 9.46. The highest BCUT2D eigenvalue weighted by atomic mass is 16.5. The maximum absolute atomic E-state index is 11.8. The monoisotopic (exact) mass is 394 g/mol. The lowest BCUT2D eigenvalue weighted by Crippen LogP contribution is -2.57. The average molecular weight is 395 g/mol. The summed E-state index contributed by atoms with van der Waals surface area (Å²) >= 11 is 0. The fourth-order valence-electron chi connectivity index (χ4n) is 5.69. The van der Waals surface area contributed by atoms with Crippen molar-refractivity contribution in [3.05, 3.63) is 23.5 Å². The van der Waals surface area contributed by atoms with Crippen molar-refractivity contribution >= 4 is 5.97 Å². The van der Waals surface area contributed by atoms with Crippen molar-refractivity contribution in [3.63, 3.8) is 0 Å². The van der Waals surface area contributed by atoms with E-state index in [-0.39, 0.29) is 36.2 Å². The van der Waals surface area contributed by atoms with Crippen LogP contribution < -0.4 is 0 Å². The highest BCUT2D eigenvalue weighted by molar-refractivity contribution is 5.91. The van der Waals surface area contributed by atoms with Crippen molar-refractivity contribution < 1.29 is 24.9 Å². The fraction of sp³-hybridized carbons (Fsp3) is 0.783. The van der Waals surface area contributed by atoms with Crippen LogP contribution in [0.4, 0.5) is 0 Å². The van der Waals surface area contributed by atoms with E-state index in [2.05, 4.69) is 27.4 Å². The van der Waals surface area contributed by atoms with Crippen molar-refractivity contribution in [3.8, 4) is 0 Å². The van der Waals surface area contributed by atoms with Crippen molar-refractivity contribution in [2.24, 2.45) is 22.7 Å². The summed E-state index contributed by atoms with van der Waals surface area (Å²) in [5.74, 6) is 0.0490. The van der Waals surface area contributed by atoms with Crippen LogP contribution in [0.15, 0.2) is 23.5 Å². The zero-order valence-electron chi connectivity index (χ0n) is 18.0. The summed E-state index contributed by atoms with van der Waals surface area (Å²) in [5.41, 5.74) is 1.01. The molecular formula is C23H38O5. The third-order valence-electron chi connectivity index (χ3n) is 7.31. The van der Waals surface area contributed by atoms with Crippen molar-refractivity contribution in [1.29, 1.82) is 0 Å². The van der Waals surface area contributed by atoms with Gasteiger partial charge >= 0.3 is 5.97 Å². The maximum atomic E-state index is 11.8. The van der Waals surface area contributed by atoms with Gasteiger partial charge in [-0.05, 0) is 55.8 Å². The van der Waals surface area contributed by atoms with Crippen LogP contribution in [0.5, 0.6) is 0 Å². The van der Waals surface area contributed by atoms with Crippen LogP contribution in [0.1, 0.15) is 72.6 Å². The van der Waals surface area contributed by atoms with Crippen LogP contribution in [0.25, 0.3) is 0 Å². The van der Waals surface area contributed by atoms with E-state index in [1.807, 2.05) is 6.92 Å². The zero-order valence-corrected chi connectivity index (χ0v) is 18.0. The van der Waals surface area contributed by atoms with Gasteiger partial charge in [-0.2, -0.15) is 0 Å². The summed E-state index contributed by atoms with van der Waals surface area (Å²) < 4.78 is 4.89. The fourth-order valence-corrected chi connectivity index (χ4v) is 5.69. The van der Waals surface area contributed by atoms with E-state index < -0.39 is 17.5 Å². The third-order valence-corrected chi connectivity index (χ3v) is 7.31. The summed E-state index contributed by atoms with van der Waals surface area (Å²) in [6, 6.07) is 0. The first kappa shape index (κ1) is 23.0. The van der Waals surface area contributed by atoms with Gasteiger partial charge in [-0.25, -0.2) is 4.79 Å². The Balaban J connectivity index is 0.000000878. The topological polar surface area (TPSA) is 87.0 Å². The number of hydrogen-bond donors (Lipinski definition) is 3. The van der Waals surface area contributed by atoms with Gasteiger partial charge in [0.15, 0.2) is 0 Å². The van der Waals surface area contributed by atoms with Crippen molar-refractivity contribution in [1.82, 2.24) is 0 Å². The van der Waals surface area contributed by atoms with E-state index in [0.29, 0.717) is 18.4 Å². The molecule has 2 fully saturated rings. The van der Waals surface area contributed by atoms with Gasteiger partial charge in [0.1, 0.15) is 12.4 Å². The Bertz CT molecular complexity index is 624. The summed E-state index contributed by atoms with van der Waals surface area (Å²) in [6.07, 6.45) is 5.34. The van der Waals surface area contributed by atoms with Gasteiger partial charge in [0.05, 0.1) is 18.3 Å². The zero-order chi connectivity index (χ0) is 21.1. The minimum absolute atomic E-state index is 0.0194. The van der Waals surface area contributed by atoms with Gasteiger partial charge in [0, 0.05) is 5.41 Å². The molecule has 0 radical (unpaired) electrons. The Morgan fingerprint density at radius 3 is 2.43 bits per heavy atom. The summed E-state index contributed by atoms with van der Waals surface area (Å²) in [5, 5.41) is 30.4. The number of allylic oxidation sites excluding steroid dienone is 1. The van der Waals surface area contributed by atoms with E-state index in [9.17, 15) is 20.1 Å². The van der Waals surface area contributed by atoms with E-state index >= 15 is 0 Å². The number of aliphatic hydroxyl groups is 3. The molecule has 28 heavy (non-hydrogen) atoms. The molecule has 5 nitrogen and oxygen atoms in total. The Morgan fingerprint density at radius 2 is 1.89 bits per heavy atom. The molecule has 5 atom stereocenters. The lowest BCUT2D eigenvalue weighted by Gasteiger charge is -2.60. The predicted molar refractivity (Wildman–Crippen MR) is 110 cm³/mol. The average Bonchev–Trinajstić information content (AvgIpc) is 2.97. The van der Waals surface area contributed by atoms with Gasteiger partial charge in [0.2, 0.25) is 0 Å². The number of aliphatic hydroxyl groups excluding tert-OH is 3. The molecule has 0 aromatic carbocycles. The highest BCUT2D eigenvalue weighted by Gasteiger charge is 2.57. The van der Waals surface area contributed by atoms with E-state index in [1.54, 1.807) is 0 Å². The molecule has 1 aliphatic heterocycles. The number of esters is 1. The molecule has 0 spiro atoms. The number of hydrogen-bond acceptors (Lipinski definition) is 5. The summed E-state index contributed by atoms with van der Waals surface area (Å²) in [7, 11) is 0.